The molecule has 0 aliphatic rings. The lowest BCUT2D eigenvalue weighted by atomic mass is 10.1. The fourth-order valence-corrected chi connectivity index (χ4v) is 1.97. The molecule has 0 radical (unpaired) electrons. The van der Waals surface area contributed by atoms with Crippen molar-refractivity contribution in [1.82, 2.24) is 0 Å². The lowest BCUT2D eigenvalue weighted by Gasteiger charge is -2.02. The lowest BCUT2D eigenvalue weighted by molar-refractivity contribution is 1.69. The molecule has 2 N–H and O–H groups in total. The Morgan fingerprint density at radius 3 is 2.33 bits per heavy atom. The van der Waals surface area contributed by atoms with Crippen molar-refractivity contribution in [3.8, 4) is 0 Å². The van der Waals surface area contributed by atoms with Crippen LogP contribution in [0.4, 0.5) is 5.69 Å². The summed E-state index contributed by atoms with van der Waals surface area (Å²) in [5, 5.41) is 2.38. The summed E-state index contributed by atoms with van der Waals surface area (Å²) in [4.78, 5) is 0. The van der Waals surface area contributed by atoms with E-state index >= 15 is 0 Å². The molecule has 0 saturated heterocycles. The van der Waals surface area contributed by atoms with Crippen molar-refractivity contribution >= 4 is 39.1 Å². The van der Waals surface area contributed by atoms with Crippen LogP contribution in [0.2, 0.25) is 0 Å². The van der Waals surface area contributed by atoms with Crippen molar-refractivity contribution in [2.24, 2.45) is 0 Å². The van der Waals surface area contributed by atoms with E-state index in [1.165, 1.54) is 8.96 Å². The number of fused-ring (bicyclic) bond motifs is 1. The van der Waals surface area contributed by atoms with E-state index < -0.39 is 0 Å². The number of rotatable bonds is 0. The molecule has 1 nitrogen and oxygen atoms in total. The molecule has 2 aromatic rings. The number of hydrogen-bond acceptors (Lipinski definition) is 1. The maximum Gasteiger partial charge on any atom is 0.0394 e. The average molecular weight is 269 g/mol. The van der Waals surface area contributed by atoms with E-state index in [0.29, 0.717) is 0 Å². The number of anilines is 1. The van der Waals surface area contributed by atoms with E-state index in [1.54, 1.807) is 0 Å². The van der Waals surface area contributed by atoms with E-state index in [1.807, 2.05) is 24.3 Å². The highest BCUT2D eigenvalue weighted by atomic mass is 127. The highest BCUT2D eigenvalue weighted by molar-refractivity contribution is 14.1. The van der Waals surface area contributed by atoms with Gasteiger partial charge in [0.2, 0.25) is 0 Å². The van der Waals surface area contributed by atoms with E-state index in [2.05, 4.69) is 34.7 Å². The SMILES string of the molecule is Nc1cccc2c(I)cccc12. The normalized spacial score (nSPS) is 10.4. The van der Waals surface area contributed by atoms with Gasteiger partial charge in [-0.05, 0) is 40.1 Å². The van der Waals surface area contributed by atoms with Crippen molar-refractivity contribution in [3.05, 3.63) is 40.0 Å². The predicted octanol–water partition coefficient (Wildman–Crippen LogP) is 3.03. The Kier molecular flexibility index (Phi) is 1.92. The van der Waals surface area contributed by atoms with E-state index in [9.17, 15) is 0 Å². The predicted molar refractivity (Wildman–Crippen MR) is 61.1 cm³/mol. The van der Waals surface area contributed by atoms with Gasteiger partial charge in [0.05, 0.1) is 0 Å². The first-order chi connectivity index (χ1) is 5.79. The molecule has 0 amide bonds. The monoisotopic (exact) mass is 269 g/mol. The number of nitrogens with two attached hydrogens (primary N) is 1. The van der Waals surface area contributed by atoms with E-state index in [0.717, 1.165) is 11.1 Å². The molecule has 2 rings (SSSR count). The molecule has 0 fully saturated rings. The molecule has 0 aromatic heterocycles. The largest absolute Gasteiger partial charge is 0.398 e. The van der Waals surface area contributed by atoms with Gasteiger partial charge in [-0.3, -0.25) is 0 Å². The molecule has 0 heterocycles. The first-order valence-electron chi connectivity index (χ1n) is 3.72. The molecule has 2 aromatic carbocycles. The van der Waals surface area contributed by atoms with Crippen molar-refractivity contribution < 1.29 is 0 Å². The van der Waals surface area contributed by atoms with Crippen molar-refractivity contribution in [2.45, 2.75) is 0 Å². The number of halogens is 1. The quantitative estimate of drug-likeness (QED) is 0.577. The van der Waals surface area contributed by atoms with Crippen LogP contribution in [0.5, 0.6) is 0 Å². The van der Waals surface area contributed by atoms with Crippen LogP contribution >= 0.6 is 22.6 Å². The number of nitrogen functional groups attached to an aromatic ring is 1. The van der Waals surface area contributed by atoms with Crippen LogP contribution in [0.1, 0.15) is 0 Å². The number of benzene rings is 2. The van der Waals surface area contributed by atoms with Gasteiger partial charge in [0.25, 0.3) is 0 Å². The third-order valence-electron chi connectivity index (χ3n) is 1.90. The maximum absolute atomic E-state index is 5.82. The molecule has 0 spiro atoms. The van der Waals surface area contributed by atoms with Gasteiger partial charge in [-0.25, -0.2) is 0 Å². The van der Waals surface area contributed by atoms with Gasteiger partial charge in [-0.1, -0.05) is 24.3 Å². The Morgan fingerprint density at radius 1 is 0.917 bits per heavy atom. The molecule has 0 saturated carbocycles. The van der Waals surface area contributed by atoms with Gasteiger partial charge < -0.3 is 5.73 Å². The molecule has 2 heteroatoms. The molecule has 0 aliphatic heterocycles. The lowest BCUT2D eigenvalue weighted by Crippen LogP contribution is -1.86. The fourth-order valence-electron chi connectivity index (χ4n) is 1.30. The van der Waals surface area contributed by atoms with Gasteiger partial charge in [0.1, 0.15) is 0 Å². The summed E-state index contributed by atoms with van der Waals surface area (Å²) < 4.78 is 1.25. The van der Waals surface area contributed by atoms with Gasteiger partial charge >= 0.3 is 0 Å². The molecule has 0 bridgehead atoms. The van der Waals surface area contributed by atoms with Gasteiger partial charge in [0, 0.05) is 14.6 Å². The Bertz CT molecular complexity index is 382. The van der Waals surface area contributed by atoms with Crippen LogP contribution in [0.25, 0.3) is 10.8 Å². The molecule has 0 atom stereocenters. The zero-order valence-corrected chi connectivity index (χ0v) is 8.58. The molecule has 0 unspecified atom stereocenters. The highest BCUT2D eigenvalue weighted by Crippen LogP contribution is 2.24. The van der Waals surface area contributed by atoms with Crippen LogP contribution < -0.4 is 5.73 Å². The molecular weight excluding hydrogens is 261 g/mol. The Hall–Kier alpha value is -0.770. The summed E-state index contributed by atoms with van der Waals surface area (Å²) in [7, 11) is 0. The zero-order chi connectivity index (χ0) is 8.55. The fraction of sp³-hybridized carbons (Fsp3) is 0. The first kappa shape index (κ1) is 7.86. The summed E-state index contributed by atoms with van der Waals surface area (Å²) in [6.45, 7) is 0. The van der Waals surface area contributed by atoms with Crippen molar-refractivity contribution in [1.29, 1.82) is 0 Å². The topological polar surface area (TPSA) is 26.0 Å². The summed E-state index contributed by atoms with van der Waals surface area (Å²) in [5.41, 5.74) is 6.67. The van der Waals surface area contributed by atoms with Gasteiger partial charge in [-0.2, -0.15) is 0 Å². The second-order valence-corrected chi connectivity index (χ2v) is 3.84. The summed E-state index contributed by atoms with van der Waals surface area (Å²) in [6, 6.07) is 12.2. The first-order valence-corrected chi connectivity index (χ1v) is 4.79. The smallest absolute Gasteiger partial charge is 0.0394 e. The second-order valence-electron chi connectivity index (χ2n) is 2.68. The number of hydrogen-bond donors (Lipinski definition) is 1. The highest BCUT2D eigenvalue weighted by Gasteiger charge is 1.98. The van der Waals surface area contributed by atoms with Crippen LogP contribution in [-0.4, -0.2) is 0 Å². The van der Waals surface area contributed by atoms with Gasteiger partial charge in [-0.15, -0.1) is 0 Å². The summed E-state index contributed by atoms with van der Waals surface area (Å²) in [5.74, 6) is 0. The third-order valence-corrected chi connectivity index (χ3v) is 2.84. The molecule has 0 aliphatic carbocycles. The molecular formula is C10H8IN. The second kappa shape index (κ2) is 2.94. The van der Waals surface area contributed by atoms with Crippen molar-refractivity contribution in [2.75, 3.05) is 5.73 Å². The van der Waals surface area contributed by atoms with Crippen LogP contribution in [-0.2, 0) is 0 Å². The average Bonchev–Trinajstić information content (AvgIpc) is 2.07. The minimum Gasteiger partial charge on any atom is -0.398 e. The van der Waals surface area contributed by atoms with Gasteiger partial charge in [0.15, 0.2) is 0 Å². The Balaban J connectivity index is 2.94. The summed E-state index contributed by atoms with van der Waals surface area (Å²) in [6.07, 6.45) is 0. The van der Waals surface area contributed by atoms with Crippen molar-refractivity contribution in [3.63, 3.8) is 0 Å². The minimum atomic E-state index is 0.853. The summed E-state index contributed by atoms with van der Waals surface area (Å²) >= 11 is 2.32. The Morgan fingerprint density at radius 2 is 1.58 bits per heavy atom. The third kappa shape index (κ3) is 1.16. The maximum atomic E-state index is 5.82. The van der Waals surface area contributed by atoms with Crippen LogP contribution in [0.3, 0.4) is 0 Å². The van der Waals surface area contributed by atoms with Crippen LogP contribution in [0, 0.1) is 3.57 Å². The molecule has 12 heavy (non-hydrogen) atoms. The Labute approximate surface area is 84.7 Å². The van der Waals surface area contributed by atoms with E-state index in [-0.39, 0.29) is 0 Å². The minimum absolute atomic E-state index is 0.853. The van der Waals surface area contributed by atoms with E-state index in [4.69, 9.17) is 5.73 Å². The molecule has 60 valence electrons. The standard InChI is InChI=1S/C10H8IN/c11-9-5-1-4-8-7(9)3-2-6-10(8)12/h1-6H,12H2. The van der Waals surface area contributed by atoms with Crippen LogP contribution in [0.15, 0.2) is 36.4 Å². The zero-order valence-electron chi connectivity index (χ0n) is 6.42.